The highest BCUT2D eigenvalue weighted by Gasteiger charge is 2.02. The molecule has 0 aliphatic carbocycles. The van der Waals surface area contributed by atoms with Crippen LogP contribution in [0.3, 0.4) is 0 Å². The predicted molar refractivity (Wildman–Crippen MR) is 56.1 cm³/mol. The number of aryl methyl sites for hydroxylation is 1. The zero-order valence-corrected chi connectivity index (χ0v) is 9.55. The average molecular weight is 237 g/mol. The average Bonchev–Trinajstić information content (AvgIpc) is 2.50. The van der Waals surface area contributed by atoms with Crippen molar-refractivity contribution in [2.75, 3.05) is 12.0 Å². The fraction of sp³-hybridized carbons (Fsp3) is 0.625. The van der Waals surface area contributed by atoms with Crippen LogP contribution in [0.15, 0.2) is 12.4 Å². The molecule has 0 radical (unpaired) electrons. The molecule has 0 aliphatic heterocycles. The third-order valence-corrected chi connectivity index (χ3v) is 3.08. The van der Waals surface area contributed by atoms with Gasteiger partial charge in [-0.3, -0.25) is 4.68 Å². The second-order valence-corrected chi connectivity index (χ2v) is 5.76. The second kappa shape index (κ2) is 4.79. The van der Waals surface area contributed by atoms with Crippen LogP contribution >= 0.6 is 11.6 Å². The van der Waals surface area contributed by atoms with E-state index in [0.717, 1.165) is 5.56 Å². The molecule has 1 aromatic rings. The van der Waals surface area contributed by atoms with Crippen molar-refractivity contribution in [1.82, 2.24) is 9.78 Å². The molecule has 0 amide bonds. The summed E-state index contributed by atoms with van der Waals surface area (Å²) in [5.74, 6) is 0.634. The molecule has 1 aromatic heterocycles. The fourth-order valence-corrected chi connectivity index (χ4v) is 1.88. The van der Waals surface area contributed by atoms with Crippen molar-refractivity contribution in [3.63, 3.8) is 0 Å². The number of rotatable bonds is 5. The van der Waals surface area contributed by atoms with Crippen LogP contribution in [0.4, 0.5) is 0 Å². The smallest absolute Gasteiger partial charge is 0.147 e. The highest BCUT2D eigenvalue weighted by atomic mass is 35.5. The molecule has 0 N–H and O–H groups in total. The number of aromatic nitrogens is 2. The molecule has 0 aliphatic rings. The Hall–Kier alpha value is -0.550. The molecule has 0 atom stereocenters. The summed E-state index contributed by atoms with van der Waals surface area (Å²) in [6.07, 6.45) is 5.34. The Morgan fingerprint density at radius 1 is 1.57 bits per heavy atom. The molecule has 14 heavy (non-hydrogen) atoms. The van der Waals surface area contributed by atoms with E-state index in [4.69, 9.17) is 11.6 Å². The van der Waals surface area contributed by atoms with Crippen molar-refractivity contribution in [2.45, 2.75) is 18.8 Å². The summed E-state index contributed by atoms with van der Waals surface area (Å²) in [4.78, 5) is 0. The first-order valence-corrected chi connectivity index (χ1v) is 6.86. The zero-order valence-electron chi connectivity index (χ0n) is 7.98. The Kier molecular flexibility index (Phi) is 3.95. The summed E-state index contributed by atoms with van der Waals surface area (Å²) >= 11 is 5.60. The number of hydrogen-bond acceptors (Lipinski definition) is 3. The Labute approximate surface area is 88.8 Å². The Bertz CT molecular complexity index is 386. The number of hydrogen-bond donors (Lipinski definition) is 0. The Morgan fingerprint density at radius 2 is 2.29 bits per heavy atom. The minimum absolute atomic E-state index is 0.197. The van der Waals surface area contributed by atoms with Crippen LogP contribution in [-0.4, -0.2) is 30.2 Å². The van der Waals surface area contributed by atoms with Gasteiger partial charge in [-0.15, -0.1) is 11.6 Å². The minimum Gasteiger partial charge on any atom is -0.272 e. The van der Waals surface area contributed by atoms with E-state index >= 15 is 0 Å². The molecule has 0 unspecified atom stereocenters. The van der Waals surface area contributed by atoms with Crippen LogP contribution in [0.5, 0.6) is 0 Å². The van der Waals surface area contributed by atoms with Gasteiger partial charge in [-0.25, -0.2) is 8.42 Å². The number of halogens is 1. The van der Waals surface area contributed by atoms with Crippen molar-refractivity contribution in [1.29, 1.82) is 0 Å². The van der Waals surface area contributed by atoms with Gasteiger partial charge >= 0.3 is 0 Å². The third-order valence-electron chi connectivity index (χ3n) is 1.74. The molecule has 0 spiro atoms. The summed E-state index contributed by atoms with van der Waals surface area (Å²) < 4.78 is 23.4. The Balaban J connectivity index is 2.39. The molecule has 1 rings (SSSR count). The normalized spacial score (nSPS) is 11.9. The van der Waals surface area contributed by atoms with Gasteiger partial charge in [0.2, 0.25) is 0 Å². The summed E-state index contributed by atoms with van der Waals surface area (Å²) in [5, 5.41) is 4.04. The molecular formula is C8H13ClN2O2S. The van der Waals surface area contributed by atoms with Gasteiger partial charge in [0.05, 0.1) is 17.8 Å². The van der Waals surface area contributed by atoms with Crippen LogP contribution in [0, 0.1) is 0 Å². The molecule has 4 nitrogen and oxygen atoms in total. The fourth-order valence-electron chi connectivity index (χ4n) is 1.09. The largest absolute Gasteiger partial charge is 0.272 e. The van der Waals surface area contributed by atoms with E-state index < -0.39 is 9.84 Å². The molecule has 1 heterocycles. The quantitative estimate of drug-likeness (QED) is 0.719. The number of nitrogens with zero attached hydrogens (tertiary/aromatic N) is 2. The van der Waals surface area contributed by atoms with Gasteiger partial charge in [-0.05, 0) is 6.42 Å². The maximum atomic E-state index is 10.8. The van der Waals surface area contributed by atoms with Crippen LogP contribution in [0.1, 0.15) is 12.0 Å². The summed E-state index contributed by atoms with van der Waals surface area (Å²) in [5.41, 5.74) is 0.950. The lowest BCUT2D eigenvalue weighted by Crippen LogP contribution is -2.07. The van der Waals surface area contributed by atoms with Crippen molar-refractivity contribution < 1.29 is 8.42 Å². The molecule has 0 saturated heterocycles. The van der Waals surface area contributed by atoms with E-state index in [2.05, 4.69) is 5.10 Å². The molecule has 0 aromatic carbocycles. The maximum Gasteiger partial charge on any atom is 0.147 e. The van der Waals surface area contributed by atoms with E-state index in [1.54, 1.807) is 10.9 Å². The van der Waals surface area contributed by atoms with E-state index in [1.165, 1.54) is 6.26 Å². The lowest BCUT2D eigenvalue weighted by Gasteiger charge is -1.99. The van der Waals surface area contributed by atoms with E-state index in [-0.39, 0.29) is 5.75 Å². The molecule has 80 valence electrons. The first-order valence-electron chi connectivity index (χ1n) is 4.26. The van der Waals surface area contributed by atoms with E-state index in [0.29, 0.717) is 18.8 Å². The number of alkyl halides is 1. The molecular weight excluding hydrogens is 224 g/mol. The highest BCUT2D eigenvalue weighted by Crippen LogP contribution is 2.02. The van der Waals surface area contributed by atoms with Crippen molar-refractivity contribution >= 4 is 21.4 Å². The summed E-state index contributed by atoms with van der Waals surface area (Å²) in [6.45, 7) is 0.615. The monoisotopic (exact) mass is 236 g/mol. The van der Waals surface area contributed by atoms with Crippen LogP contribution in [0.2, 0.25) is 0 Å². The van der Waals surface area contributed by atoms with Gasteiger partial charge in [0.1, 0.15) is 9.84 Å². The van der Waals surface area contributed by atoms with Crippen LogP contribution in [0.25, 0.3) is 0 Å². The van der Waals surface area contributed by atoms with E-state index in [1.807, 2.05) is 6.20 Å². The van der Waals surface area contributed by atoms with Crippen molar-refractivity contribution in [3.8, 4) is 0 Å². The Morgan fingerprint density at radius 3 is 2.79 bits per heavy atom. The van der Waals surface area contributed by atoms with Gasteiger partial charge in [0.15, 0.2) is 0 Å². The molecule has 0 fully saturated rings. The topological polar surface area (TPSA) is 52.0 Å². The van der Waals surface area contributed by atoms with Crippen molar-refractivity contribution in [2.24, 2.45) is 0 Å². The SMILES string of the molecule is CS(=O)(=O)CCCn1cc(CCl)cn1. The van der Waals surface area contributed by atoms with Gasteiger partial charge < -0.3 is 0 Å². The van der Waals surface area contributed by atoms with E-state index in [9.17, 15) is 8.42 Å². The highest BCUT2D eigenvalue weighted by molar-refractivity contribution is 7.90. The summed E-state index contributed by atoms with van der Waals surface area (Å²) in [6, 6.07) is 0. The molecule has 0 saturated carbocycles. The third kappa shape index (κ3) is 4.11. The van der Waals surface area contributed by atoms with Crippen LogP contribution < -0.4 is 0 Å². The first-order chi connectivity index (χ1) is 6.51. The van der Waals surface area contributed by atoms with Gasteiger partial charge in [0, 0.05) is 24.6 Å². The van der Waals surface area contributed by atoms with Gasteiger partial charge in [-0.2, -0.15) is 5.10 Å². The standard InChI is InChI=1S/C8H13ClN2O2S/c1-14(12,13)4-2-3-11-7-8(5-9)6-10-11/h6-7H,2-5H2,1H3. The minimum atomic E-state index is -2.86. The summed E-state index contributed by atoms with van der Waals surface area (Å²) in [7, 11) is -2.86. The van der Waals surface area contributed by atoms with Crippen LogP contribution in [-0.2, 0) is 22.3 Å². The maximum absolute atomic E-state index is 10.8. The second-order valence-electron chi connectivity index (χ2n) is 3.23. The molecule has 0 bridgehead atoms. The van der Waals surface area contributed by atoms with Crippen molar-refractivity contribution in [3.05, 3.63) is 18.0 Å². The predicted octanol–water partition coefficient (Wildman–Crippen LogP) is 1.06. The zero-order chi connectivity index (χ0) is 10.6. The first kappa shape index (κ1) is 11.5. The lowest BCUT2D eigenvalue weighted by atomic mass is 10.4. The number of sulfone groups is 1. The lowest BCUT2D eigenvalue weighted by molar-refractivity contribution is 0.576. The van der Waals surface area contributed by atoms with Gasteiger partial charge in [-0.1, -0.05) is 0 Å². The molecule has 6 heteroatoms. The van der Waals surface area contributed by atoms with Gasteiger partial charge in [0.25, 0.3) is 0 Å².